The highest BCUT2D eigenvalue weighted by Gasteiger charge is 2.09. The molecule has 0 unspecified atom stereocenters. The van der Waals surface area contributed by atoms with Gasteiger partial charge in [-0.15, -0.1) is 0 Å². The number of hydrogen-bond acceptors (Lipinski definition) is 4. The van der Waals surface area contributed by atoms with Gasteiger partial charge in [0.15, 0.2) is 0 Å². The van der Waals surface area contributed by atoms with Gasteiger partial charge in [0.1, 0.15) is 5.75 Å². The lowest BCUT2D eigenvalue weighted by molar-refractivity contribution is 0.420. The van der Waals surface area contributed by atoms with Crippen molar-refractivity contribution in [1.29, 1.82) is 0 Å². The molecular weight excluding hydrogens is 245 g/mol. The predicted molar refractivity (Wildman–Crippen MR) is 72.0 cm³/mol. The van der Waals surface area contributed by atoms with Crippen LogP contribution in [0.2, 0.25) is 0 Å². The molecule has 2 rings (SSSR count). The van der Waals surface area contributed by atoms with E-state index in [9.17, 15) is 4.39 Å². The van der Waals surface area contributed by atoms with E-state index in [1.165, 1.54) is 0 Å². The molecule has 0 fully saturated rings. The Hall–Kier alpha value is -2.17. The van der Waals surface area contributed by atoms with Crippen LogP contribution in [0.4, 0.5) is 10.3 Å². The van der Waals surface area contributed by atoms with E-state index in [4.69, 9.17) is 4.74 Å². The van der Waals surface area contributed by atoms with Crippen molar-refractivity contribution in [3.05, 3.63) is 41.8 Å². The van der Waals surface area contributed by atoms with E-state index in [1.807, 2.05) is 32.0 Å². The number of nitrogens with zero attached hydrogens (tertiary/aromatic N) is 2. The first-order valence-corrected chi connectivity index (χ1v) is 6.26. The largest absolute Gasteiger partial charge is 0.436 e. The number of aromatic nitrogens is 2. The maximum atomic E-state index is 13.6. The minimum Gasteiger partial charge on any atom is -0.436 e. The molecule has 0 bridgehead atoms. The minimum absolute atomic E-state index is 0.0702. The highest BCUT2D eigenvalue weighted by atomic mass is 19.1. The Morgan fingerprint density at radius 2 is 2.16 bits per heavy atom. The van der Waals surface area contributed by atoms with Crippen LogP contribution in [0.5, 0.6) is 11.6 Å². The predicted octanol–water partition coefficient (Wildman–Crippen LogP) is 3.40. The quantitative estimate of drug-likeness (QED) is 0.896. The van der Waals surface area contributed by atoms with Gasteiger partial charge in [0.25, 0.3) is 5.88 Å². The average molecular weight is 261 g/mol. The molecule has 1 heterocycles. The zero-order valence-corrected chi connectivity index (χ0v) is 11.0. The van der Waals surface area contributed by atoms with Crippen molar-refractivity contribution in [1.82, 2.24) is 9.97 Å². The highest BCUT2D eigenvalue weighted by molar-refractivity contribution is 5.34. The van der Waals surface area contributed by atoms with E-state index in [0.29, 0.717) is 18.2 Å². The topological polar surface area (TPSA) is 47.0 Å². The molecule has 1 aromatic carbocycles. The second-order valence-electron chi connectivity index (χ2n) is 3.98. The van der Waals surface area contributed by atoms with E-state index < -0.39 is 5.82 Å². The van der Waals surface area contributed by atoms with Gasteiger partial charge in [-0.2, -0.15) is 9.37 Å². The molecule has 0 aliphatic rings. The maximum absolute atomic E-state index is 13.6. The van der Waals surface area contributed by atoms with Gasteiger partial charge in [-0.25, -0.2) is 4.98 Å². The van der Waals surface area contributed by atoms with Gasteiger partial charge in [-0.3, -0.25) is 0 Å². The van der Waals surface area contributed by atoms with Crippen LogP contribution in [-0.4, -0.2) is 16.5 Å². The summed E-state index contributed by atoms with van der Waals surface area (Å²) in [6, 6.07) is 7.51. The zero-order chi connectivity index (χ0) is 13.7. The maximum Gasteiger partial charge on any atom is 0.260 e. The van der Waals surface area contributed by atoms with Gasteiger partial charge in [0, 0.05) is 6.54 Å². The van der Waals surface area contributed by atoms with Crippen molar-refractivity contribution in [2.24, 2.45) is 0 Å². The number of anilines is 1. The molecule has 1 N–H and O–H groups in total. The van der Waals surface area contributed by atoms with Crippen LogP contribution in [0.15, 0.2) is 30.5 Å². The van der Waals surface area contributed by atoms with Crippen molar-refractivity contribution in [3.8, 4) is 11.6 Å². The standard InChI is InChI=1S/C14H16FN3O/c1-3-10-6-5-7-11(8-10)19-13-12(15)9-17-14(18-13)16-4-2/h5-9H,3-4H2,1-2H3,(H,16,17,18). The van der Waals surface area contributed by atoms with Crippen LogP contribution in [0.25, 0.3) is 0 Å². The molecule has 100 valence electrons. The molecule has 0 saturated carbocycles. The SMILES string of the molecule is CCNc1ncc(F)c(Oc2cccc(CC)c2)n1. The fourth-order valence-electron chi connectivity index (χ4n) is 1.61. The highest BCUT2D eigenvalue weighted by Crippen LogP contribution is 2.23. The Bertz CT molecular complexity index is 560. The number of ether oxygens (including phenoxy) is 1. The Morgan fingerprint density at radius 1 is 1.32 bits per heavy atom. The summed E-state index contributed by atoms with van der Waals surface area (Å²) in [7, 11) is 0. The molecule has 0 radical (unpaired) electrons. The summed E-state index contributed by atoms with van der Waals surface area (Å²) in [5, 5.41) is 2.91. The summed E-state index contributed by atoms with van der Waals surface area (Å²) in [4.78, 5) is 7.82. The lowest BCUT2D eigenvalue weighted by Crippen LogP contribution is -2.04. The van der Waals surface area contributed by atoms with Gasteiger partial charge >= 0.3 is 0 Å². The van der Waals surface area contributed by atoms with Crippen LogP contribution >= 0.6 is 0 Å². The van der Waals surface area contributed by atoms with Crippen LogP contribution < -0.4 is 10.1 Å². The van der Waals surface area contributed by atoms with Gasteiger partial charge < -0.3 is 10.1 Å². The fourth-order valence-corrected chi connectivity index (χ4v) is 1.61. The third-order valence-electron chi connectivity index (χ3n) is 2.57. The minimum atomic E-state index is -0.580. The van der Waals surface area contributed by atoms with Gasteiger partial charge in [-0.05, 0) is 31.0 Å². The molecule has 2 aromatic rings. The van der Waals surface area contributed by atoms with Crippen molar-refractivity contribution >= 4 is 5.95 Å². The van der Waals surface area contributed by atoms with Gasteiger partial charge in [-0.1, -0.05) is 19.1 Å². The lowest BCUT2D eigenvalue weighted by atomic mass is 10.2. The summed E-state index contributed by atoms with van der Waals surface area (Å²) in [6.45, 7) is 4.63. The molecule has 0 atom stereocenters. The van der Waals surface area contributed by atoms with Gasteiger partial charge in [0.2, 0.25) is 11.8 Å². The van der Waals surface area contributed by atoms with E-state index in [0.717, 1.165) is 18.2 Å². The summed E-state index contributed by atoms with van der Waals surface area (Å²) in [6.07, 6.45) is 2.00. The van der Waals surface area contributed by atoms with E-state index >= 15 is 0 Å². The molecule has 0 saturated heterocycles. The van der Waals surface area contributed by atoms with E-state index in [-0.39, 0.29) is 5.88 Å². The van der Waals surface area contributed by atoms with Crippen LogP contribution in [0.3, 0.4) is 0 Å². The van der Waals surface area contributed by atoms with Crippen molar-refractivity contribution < 1.29 is 9.13 Å². The third-order valence-corrected chi connectivity index (χ3v) is 2.57. The van der Waals surface area contributed by atoms with E-state index in [1.54, 1.807) is 6.07 Å². The molecule has 0 amide bonds. The molecule has 0 aliphatic heterocycles. The number of rotatable bonds is 5. The van der Waals surface area contributed by atoms with Crippen molar-refractivity contribution in [3.63, 3.8) is 0 Å². The number of nitrogens with one attached hydrogen (secondary N) is 1. The number of halogens is 1. The fraction of sp³-hybridized carbons (Fsp3) is 0.286. The molecule has 5 heteroatoms. The summed E-state index contributed by atoms with van der Waals surface area (Å²) < 4.78 is 19.1. The number of aryl methyl sites for hydroxylation is 1. The van der Waals surface area contributed by atoms with Gasteiger partial charge in [0.05, 0.1) is 6.20 Å². The molecule has 19 heavy (non-hydrogen) atoms. The van der Waals surface area contributed by atoms with Crippen molar-refractivity contribution in [2.45, 2.75) is 20.3 Å². The molecule has 0 aliphatic carbocycles. The smallest absolute Gasteiger partial charge is 0.260 e. The first kappa shape index (κ1) is 13.3. The Morgan fingerprint density at radius 3 is 2.89 bits per heavy atom. The van der Waals surface area contributed by atoms with E-state index in [2.05, 4.69) is 15.3 Å². The first-order chi connectivity index (χ1) is 9.22. The summed E-state index contributed by atoms with van der Waals surface area (Å²) in [5.41, 5.74) is 1.12. The third kappa shape index (κ3) is 3.40. The Kier molecular flexibility index (Phi) is 4.28. The second-order valence-corrected chi connectivity index (χ2v) is 3.98. The van der Waals surface area contributed by atoms with Crippen LogP contribution in [-0.2, 0) is 6.42 Å². The molecular formula is C14H16FN3O. The Balaban J connectivity index is 2.23. The monoisotopic (exact) mass is 261 g/mol. The molecule has 4 nitrogen and oxygen atoms in total. The Labute approximate surface area is 111 Å². The number of benzene rings is 1. The van der Waals surface area contributed by atoms with Crippen LogP contribution in [0, 0.1) is 5.82 Å². The summed E-state index contributed by atoms with van der Waals surface area (Å²) in [5.74, 6) is 0.271. The molecule has 0 spiro atoms. The average Bonchev–Trinajstić information content (AvgIpc) is 2.43. The normalized spacial score (nSPS) is 10.3. The second kappa shape index (κ2) is 6.13. The zero-order valence-electron chi connectivity index (χ0n) is 11.0. The first-order valence-electron chi connectivity index (χ1n) is 6.26. The van der Waals surface area contributed by atoms with Crippen molar-refractivity contribution in [2.75, 3.05) is 11.9 Å². The summed E-state index contributed by atoms with van der Waals surface area (Å²) >= 11 is 0. The lowest BCUT2D eigenvalue weighted by Gasteiger charge is -2.08. The number of hydrogen-bond donors (Lipinski definition) is 1. The van der Waals surface area contributed by atoms with Crippen LogP contribution in [0.1, 0.15) is 19.4 Å². The molecule has 1 aromatic heterocycles.